The van der Waals surface area contributed by atoms with Crippen LogP contribution in [0.25, 0.3) is 10.9 Å². The van der Waals surface area contributed by atoms with E-state index in [1.807, 2.05) is 4.83 Å². The molecule has 178 valence electrons. The zero-order valence-electron chi connectivity index (χ0n) is 17.6. The summed E-state index contributed by atoms with van der Waals surface area (Å²) in [6, 6.07) is 9.91. The number of aromatic nitrogens is 1. The number of hydrogen-bond donors (Lipinski definition) is 4. The summed E-state index contributed by atoms with van der Waals surface area (Å²) in [4.78, 5) is 42.0. The average molecular weight is 488 g/mol. The molecule has 0 spiro atoms. The quantitative estimate of drug-likeness (QED) is 0.298. The van der Waals surface area contributed by atoms with E-state index >= 15 is 0 Å². The summed E-state index contributed by atoms with van der Waals surface area (Å²) in [7, 11) is -4.27. The van der Waals surface area contributed by atoms with Crippen LogP contribution >= 0.6 is 0 Å². The van der Waals surface area contributed by atoms with Crippen LogP contribution < -0.4 is 15.2 Å². The molecular formula is C20H20N6O7S. The second-order valence-corrected chi connectivity index (χ2v) is 9.15. The van der Waals surface area contributed by atoms with Gasteiger partial charge in [-0.1, -0.05) is 6.07 Å². The van der Waals surface area contributed by atoms with Crippen LogP contribution in [0.1, 0.15) is 10.4 Å². The standard InChI is InChI=1S/C20H20N6O7S/c27-19(15-2-1-3-16-14(15)6-7-21-16)22-23-34(32,33)13-4-5-17(26(30)31)18(12-13)24-8-10-25(11-9-24)20(28)29/h1-7,12,21,23H,8-11H2,(H,22,27)(H,28,29). The molecule has 34 heavy (non-hydrogen) atoms. The Hall–Kier alpha value is -4.17. The first-order valence-electron chi connectivity index (χ1n) is 10.1. The van der Waals surface area contributed by atoms with Gasteiger partial charge in [-0.15, -0.1) is 4.83 Å². The predicted molar refractivity (Wildman–Crippen MR) is 121 cm³/mol. The molecule has 2 aromatic carbocycles. The molecule has 4 rings (SSSR count). The Kier molecular flexibility index (Phi) is 6.08. The molecule has 1 aromatic heterocycles. The van der Waals surface area contributed by atoms with Gasteiger partial charge in [-0.05, 0) is 30.3 Å². The molecule has 0 bridgehead atoms. The largest absolute Gasteiger partial charge is 0.465 e. The van der Waals surface area contributed by atoms with Crippen LogP contribution in [-0.4, -0.2) is 66.5 Å². The molecule has 0 atom stereocenters. The second-order valence-electron chi connectivity index (χ2n) is 7.47. The van der Waals surface area contributed by atoms with Crippen molar-refractivity contribution >= 4 is 44.3 Å². The predicted octanol–water partition coefficient (Wildman–Crippen LogP) is 1.50. The van der Waals surface area contributed by atoms with Crippen molar-refractivity contribution in [1.82, 2.24) is 20.1 Å². The number of carboxylic acid groups (broad SMARTS) is 1. The molecule has 14 heteroatoms. The third kappa shape index (κ3) is 4.49. The van der Waals surface area contributed by atoms with Gasteiger partial charge < -0.3 is 19.9 Å². The summed E-state index contributed by atoms with van der Waals surface area (Å²) < 4.78 is 25.7. The minimum Gasteiger partial charge on any atom is -0.465 e. The number of sulfonamides is 1. The van der Waals surface area contributed by atoms with E-state index in [1.165, 1.54) is 4.90 Å². The number of carbonyl (C=O) groups is 2. The number of fused-ring (bicyclic) bond motifs is 1. The highest BCUT2D eigenvalue weighted by Gasteiger charge is 2.28. The van der Waals surface area contributed by atoms with Crippen molar-refractivity contribution in [1.29, 1.82) is 0 Å². The molecule has 0 saturated carbocycles. The number of H-pyrrole nitrogens is 1. The van der Waals surface area contributed by atoms with Gasteiger partial charge in [-0.2, -0.15) is 0 Å². The van der Waals surface area contributed by atoms with E-state index in [-0.39, 0.29) is 48.0 Å². The highest BCUT2D eigenvalue weighted by atomic mass is 32.2. The Labute approximate surface area is 193 Å². The second kappa shape index (κ2) is 8.99. The molecule has 1 saturated heterocycles. The van der Waals surface area contributed by atoms with Gasteiger partial charge in [0.15, 0.2) is 0 Å². The minimum atomic E-state index is -4.27. The monoisotopic (exact) mass is 488 g/mol. The van der Waals surface area contributed by atoms with Crippen molar-refractivity contribution in [3.63, 3.8) is 0 Å². The van der Waals surface area contributed by atoms with Crippen LogP contribution in [0.15, 0.2) is 53.6 Å². The van der Waals surface area contributed by atoms with E-state index < -0.39 is 26.9 Å². The minimum absolute atomic E-state index is 0.0429. The van der Waals surface area contributed by atoms with Gasteiger partial charge in [0.1, 0.15) is 5.69 Å². The Morgan fingerprint density at radius 1 is 1.09 bits per heavy atom. The molecule has 2 heterocycles. The van der Waals surface area contributed by atoms with Crippen LogP contribution in [-0.2, 0) is 10.0 Å². The van der Waals surface area contributed by atoms with Crippen LogP contribution in [0.5, 0.6) is 0 Å². The van der Waals surface area contributed by atoms with Gasteiger partial charge in [0, 0.05) is 49.3 Å². The Morgan fingerprint density at radius 2 is 1.82 bits per heavy atom. The lowest BCUT2D eigenvalue weighted by molar-refractivity contribution is -0.384. The van der Waals surface area contributed by atoms with Crippen molar-refractivity contribution in [2.45, 2.75) is 4.90 Å². The molecule has 1 aliphatic rings. The van der Waals surface area contributed by atoms with E-state index in [9.17, 15) is 28.1 Å². The lowest BCUT2D eigenvalue weighted by atomic mass is 10.1. The van der Waals surface area contributed by atoms with Gasteiger partial charge in [0.25, 0.3) is 21.6 Å². The van der Waals surface area contributed by atoms with E-state index in [2.05, 4.69) is 10.4 Å². The first kappa shape index (κ1) is 23.0. The topological polar surface area (TPSA) is 178 Å². The number of nitro benzene ring substituents is 1. The number of nitro groups is 1. The fourth-order valence-electron chi connectivity index (χ4n) is 3.74. The maximum Gasteiger partial charge on any atom is 0.407 e. The average Bonchev–Trinajstić information content (AvgIpc) is 3.31. The third-order valence-corrected chi connectivity index (χ3v) is 6.73. The number of hydrazine groups is 1. The number of amides is 2. The summed E-state index contributed by atoms with van der Waals surface area (Å²) in [5.74, 6) is -0.680. The number of hydrogen-bond acceptors (Lipinski definition) is 7. The van der Waals surface area contributed by atoms with Crippen LogP contribution in [0, 0.1) is 10.1 Å². The van der Waals surface area contributed by atoms with E-state index in [4.69, 9.17) is 5.11 Å². The zero-order chi connectivity index (χ0) is 24.5. The van der Waals surface area contributed by atoms with Gasteiger partial charge in [0.2, 0.25) is 0 Å². The summed E-state index contributed by atoms with van der Waals surface area (Å²) in [5.41, 5.74) is 2.85. The van der Waals surface area contributed by atoms with Crippen LogP contribution in [0.2, 0.25) is 0 Å². The molecule has 0 aliphatic carbocycles. The first-order valence-corrected chi connectivity index (χ1v) is 11.6. The molecule has 4 N–H and O–H groups in total. The fourth-order valence-corrected chi connectivity index (χ4v) is 4.60. The molecule has 0 unspecified atom stereocenters. The molecule has 0 radical (unpaired) electrons. The van der Waals surface area contributed by atoms with Crippen molar-refractivity contribution in [2.24, 2.45) is 0 Å². The molecule has 3 aromatic rings. The number of benzene rings is 2. The van der Waals surface area contributed by atoms with E-state index in [1.54, 1.807) is 35.4 Å². The summed E-state index contributed by atoms with van der Waals surface area (Å²) in [6.45, 7) is 0.536. The number of carbonyl (C=O) groups excluding carboxylic acids is 1. The lowest BCUT2D eigenvalue weighted by Crippen LogP contribution is -2.48. The summed E-state index contributed by atoms with van der Waals surface area (Å²) in [5, 5.41) is 21.2. The van der Waals surface area contributed by atoms with Crippen molar-refractivity contribution < 1.29 is 28.0 Å². The number of rotatable bonds is 6. The number of anilines is 1. The molecule has 1 aliphatic heterocycles. The molecule has 13 nitrogen and oxygen atoms in total. The van der Waals surface area contributed by atoms with Crippen LogP contribution in [0.3, 0.4) is 0 Å². The normalized spacial score (nSPS) is 14.2. The molecule has 1 fully saturated rings. The maximum absolute atomic E-state index is 12.8. The maximum atomic E-state index is 12.8. The Bertz CT molecular complexity index is 1380. The van der Waals surface area contributed by atoms with Crippen molar-refractivity contribution in [3.8, 4) is 0 Å². The first-order chi connectivity index (χ1) is 16.2. The van der Waals surface area contributed by atoms with Gasteiger partial charge in [-0.25, -0.2) is 13.2 Å². The van der Waals surface area contributed by atoms with Crippen molar-refractivity contribution in [2.75, 3.05) is 31.1 Å². The van der Waals surface area contributed by atoms with Gasteiger partial charge in [0.05, 0.1) is 15.4 Å². The number of nitrogens with zero attached hydrogens (tertiary/aromatic N) is 3. The fraction of sp³-hybridized carbons (Fsp3) is 0.200. The van der Waals surface area contributed by atoms with E-state index in [0.29, 0.717) is 10.9 Å². The smallest absolute Gasteiger partial charge is 0.407 e. The van der Waals surface area contributed by atoms with Crippen LogP contribution in [0.4, 0.5) is 16.2 Å². The summed E-state index contributed by atoms with van der Waals surface area (Å²) >= 11 is 0. The molecule has 2 amide bonds. The molecular weight excluding hydrogens is 468 g/mol. The van der Waals surface area contributed by atoms with Gasteiger partial charge in [-0.3, -0.25) is 20.3 Å². The van der Waals surface area contributed by atoms with Gasteiger partial charge >= 0.3 is 6.09 Å². The van der Waals surface area contributed by atoms with E-state index in [0.717, 1.165) is 18.2 Å². The lowest BCUT2D eigenvalue weighted by Gasteiger charge is -2.34. The highest BCUT2D eigenvalue weighted by Crippen LogP contribution is 2.31. The zero-order valence-corrected chi connectivity index (χ0v) is 18.4. The van der Waals surface area contributed by atoms with Crippen molar-refractivity contribution in [3.05, 3.63) is 64.3 Å². The number of piperazine rings is 1. The third-order valence-electron chi connectivity index (χ3n) is 5.48. The Balaban J connectivity index is 1.55. The Morgan fingerprint density at radius 3 is 2.50 bits per heavy atom. The number of nitrogens with one attached hydrogen (secondary N) is 3. The number of aromatic amines is 1. The SMILES string of the molecule is O=C(NNS(=O)(=O)c1ccc([N+](=O)[O-])c(N2CCN(C(=O)O)CC2)c1)c1cccc2[nH]ccc12. The highest BCUT2D eigenvalue weighted by molar-refractivity contribution is 7.89. The summed E-state index contributed by atoms with van der Waals surface area (Å²) in [6.07, 6.45) is 0.557.